The molecule has 0 aromatic rings. The monoisotopic (exact) mass is 198 g/mol. The Hall–Kier alpha value is -1.59. The molecule has 4 N–H and O–H groups in total. The van der Waals surface area contributed by atoms with E-state index in [9.17, 15) is 15.0 Å². The van der Waals surface area contributed by atoms with Gasteiger partial charge in [-0.15, -0.1) is 0 Å². The number of hydrogen-bond donors (Lipinski definition) is 4. The van der Waals surface area contributed by atoms with Crippen molar-refractivity contribution >= 4 is 5.97 Å². The second-order valence-corrected chi connectivity index (χ2v) is 2.98. The van der Waals surface area contributed by atoms with Gasteiger partial charge in [-0.3, -0.25) is 0 Å². The van der Waals surface area contributed by atoms with Gasteiger partial charge in [0.05, 0.1) is 0 Å². The number of aliphatic hydroxyl groups is 3. The van der Waals surface area contributed by atoms with Crippen molar-refractivity contribution in [3.63, 3.8) is 0 Å². The van der Waals surface area contributed by atoms with Crippen LogP contribution in [0.5, 0.6) is 0 Å². The molecule has 5 nitrogen and oxygen atoms in total. The van der Waals surface area contributed by atoms with Crippen molar-refractivity contribution in [3.05, 3.63) is 36.1 Å². The Morgan fingerprint density at radius 2 is 2.07 bits per heavy atom. The Morgan fingerprint density at radius 3 is 2.43 bits per heavy atom. The number of hydrogen-bond acceptors (Lipinski definition) is 4. The number of allylic oxidation sites excluding steroid dienone is 1. The molecule has 0 aromatic heterocycles. The fourth-order valence-corrected chi connectivity index (χ4v) is 1.06. The average molecular weight is 198 g/mol. The first-order chi connectivity index (χ1) is 6.38. The van der Waals surface area contributed by atoms with Crippen LogP contribution in [-0.4, -0.2) is 38.1 Å². The summed E-state index contributed by atoms with van der Waals surface area (Å²) < 4.78 is 0. The summed E-state index contributed by atoms with van der Waals surface area (Å²) >= 11 is 0. The molecule has 0 aliphatic heterocycles. The SMILES string of the molecule is C=C(O)C1=CC(O)C(O)(C(=O)O)C=C1. The molecule has 0 fully saturated rings. The van der Waals surface area contributed by atoms with Gasteiger partial charge in [-0.1, -0.05) is 12.7 Å². The first-order valence-corrected chi connectivity index (χ1v) is 3.81. The Balaban J connectivity index is 3.02. The number of aliphatic hydroxyl groups excluding tert-OH is 2. The molecule has 5 heteroatoms. The standard InChI is InChI=1S/C9H10O5/c1-5(10)6-2-3-9(14,8(12)13)7(11)4-6/h2-4,7,10-11,14H,1H2,(H,12,13). The first kappa shape index (κ1) is 10.5. The third-order valence-electron chi connectivity index (χ3n) is 1.98. The predicted molar refractivity (Wildman–Crippen MR) is 47.6 cm³/mol. The van der Waals surface area contributed by atoms with E-state index in [1.807, 2.05) is 0 Å². The second kappa shape index (κ2) is 3.28. The van der Waals surface area contributed by atoms with E-state index in [0.29, 0.717) is 0 Å². The van der Waals surface area contributed by atoms with Gasteiger partial charge in [0.25, 0.3) is 0 Å². The third kappa shape index (κ3) is 1.55. The summed E-state index contributed by atoms with van der Waals surface area (Å²) in [5, 5.41) is 36.3. The molecule has 1 aliphatic rings. The van der Waals surface area contributed by atoms with E-state index in [4.69, 9.17) is 10.2 Å². The van der Waals surface area contributed by atoms with Crippen molar-refractivity contribution in [2.45, 2.75) is 11.7 Å². The Labute approximate surface area is 79.9 Å². The topological polar surface area (TPSA) is 98.0 Å². The quantitative estimate of drug-likeness (QED) is 0.458. The largest absolute Gasteiger partial charge is 0.508 e. The maximum Gasteiger partial charge on any atom is 0.342 e. The fourth-order valence-electron chi connectivity index (χ4n) is 1.06. The minimum atomic E-state index is -2.33. The van der Waals surface area contributed by atoms with Gasteiger partial charge in [0.1, 0.15) is 11.9 Å². The molecule has 0 radical (unpaired) electrons. The van der Waals surface area contributed by atoms with Crippen LogP contribution in [-0.2, 0) is 4.79 Å². The maximum absolute atomic E-state index is 10.6. The van der Waals surface area contributed by atoms with Crippen molar-refractivity contribution in [1.82, 2.24) is 0 Å². The van der Waals surface area contributed by atoms with Gasteiger partial charge >= 0.3 is 5.97 Å². The van der Waals surface area contributed by atoms with Crippen LogP contribution in [0, 0.1) is 0 Å². The highest BCUT2D eigenvalue weighted by atomic mass is 16.4. The first-order valence-electron chi connectivity index (χ1n) is 3.81. The zero-order valence-electron chi connectivity index (χ0n) is 7.21. The summed E-state index contributed by atoms with van der Waals surface area (Å²) in [4.78, 5) is 10.6. The molecule has 2 unspecified atom stereocenters. The van der Waals surface area contributed by atoms with E-state index in [0.717, 1.165) is 12.2 Å². The van der Waals surface area contributed by atoms with Crippen molar-refractivity contribution < 1.29 is 25.2 Å². The molecule has 0 spiro atoms. The summed E-state index contributed by atoms with van der Waals surface area (Å²) in [6.45, 7) is 3.20. The number of carboxylic acids is 1. The van der Waals surface area contributed by atoms with Crippen LogP contribution in [0.25, 0.3) is 0 Å². The molecule has 0 aromatic carbocycles. The van der Waals surface area contributed by atoms with Crippen molar-refractivity contribution in [2.75, 3.05) is 0 Å². The maximum atomic E-state index is 10.6. The number of carboxylic acid groups (broad SMARTS) is 1. The summed E-state index contributed by atoms with van der Waals surface area (Å²) in [6.07, 6.45) is 1.50. The number of carbonyl (C=O) groups is 1. The van der Waals surface area contributed by atoms with Gasteiger partial charge in [0.15, 0.2) is 0 Å². The van der Waals surface area contributed by atoms with E-state index in [2.05, 4.69) is 6.58 Å². The summed E-state index contributed by atoms with van der Waals surface area (Å²) in [5.74, 6) is -1.85. The summed E-state index contributed by atoms with van der Waals surface area (Å²) in [6, 6.07) is 0. The highest BCUT2D eigenvalue weighted by Gasteiger charge is 2.42. The average Bonchev–Trinajstić information content (AvgIpc) is 2.09. The molecule has 1 aliphatic carbocycles. The van der Waals surface area contributed by atoms with E-state index in [1.165, 1.54) is 6.08 Å². The van der Waals surface area contributed by atoms with Crippen LogP contribution in [0.2, 0.25) is 0 Å². The van der Waals surface area contributed by atoms with Crippen molar-refractivity contribution in [3.8, 4) is 0 Å². The van der Waals surface area contributed by atoms with E-state index in [-0.39, 0.29) is 11.3 Å². The smallest absolute Gasteiger partial charge is 0.342 e. The van der Waals surface area contributed by atoms with Crippen LogP contribution >= 0.6 is 0 Å². The lowest BCUT2D eigenvalue weighted by Gasteiger charge is -2.26. The van der Waals surface area contributed by atoms with E-state index < -0.39 is 17.7 Å². The highest BCUT2D eigenvalue weighted by Crippen LogP contribution is 2.24. The van der Waals surface area contributed by atoms with Crippen LogP contribution in [0.3, 0.4) is 0 Å². The molecule has 0 saturated carbocycles. The second-order valence-electron chi connectivity index (χ2n) is 2.98. The van der Waals surface area contributed by atoms with Crippen molar-refractivity contribution in [1.29, 1.82) is 0 Å². The Bertz CT molecular complexity index is 341. The molecule has 0 saturated heterocycles. The van der Waals surface area contributed by atoms with Gasteiger partial charge in [-0.2, -0.15) is 0 Å². The minimum absolute atomic E-state index is 0.184. The van der Waals surface area contributed by atoms with E-state index in [1.54, 1.807) is 0 Å². The molecule has 0 bridgehead atoms. The zero-order valence-corrected chi connectivity index (χ0v) is 7.21. The van der Waals surface area contributed by atoms with Crippen LogP contribution in [0.1, 0.15) is 0 Å². The van der Waals surface area contributed by atoms with Gasteiger partial charge in [0, 0.05) is 5.57 Å². The number of aliphatic carboxylic acids is 1. The minimum Gasteiger partial charge on any atom is -0.508 e. The van der Waals surface area contributed by atoms with Crippen molar-refractivity contribution in [2.24, 2.45) is 0 Å². The highest BCUT2D eigenvalue weighted by molar-refractivity contribution is 5.82. The lowest BCUT2D eigenvalue weighted by Crippen LogP contribution is -2.48. The predicted octanol–water partition coefficient (Wildman–Crippen LogP) is -0.269. The normalized spacial score (nSPS) is 31.0. The Kier molecular flexibility index (Phi) is 2.46. The molecule has 2 atom stereocenters. The summed E-state index contributed by atoms with van der Waals surface area (Å²) in [7, 11) is 0. The molecular weight excluding hydrogens is 188 g/mol. The lowest BCUT2D eigenvalue weighted by molar-refractivity contribution is -0.160. The van der Waals surface area contributed by atoms with Crippen LogP contribution in [0.4, 0.5) is 0 Å². The lowest BCUT2D eigenvalue weighted by atomic mass is 9.89. The van der Waals surface area contributed by atoms with E-state index >= 15 is 0 Å². The zero-order chi connectivity index (χ0) is 10.9. The Morgan fingerprint density at radius 1 is 1.50 bits per heavy atom. The van der Waals surface area contributed by atoms with Gasteiger partial charge < -0.3 is 20.4 Å². The number of rotatable bonds is 2. The molecule has 1 rings (SSSR count). The van der Waals surface area contributed by atoms with Gasteiger partial charge in [0.2, 0.25) is 5.60 Å². The van der Waals surface area contributed by atoms with Gasteiger partial charge in [-0.25, -0.2) is 4.79 Å². The molecule has 0 heterocycles. The third-order valence-corrected chi connectivity index (χ3v) is 1.98. The molecule has 0 amide bonds. The molecular formula is C9H10O5. The molecule has 76 valence electrons. The molecule has 14 heavy (non-hydrogen) atoms. The van der Waals surface area contributed by atoms with Crippen LogP contribution < -0.4 is 0 Å². The fraction of sp³-hybridized carbons (Fsp3) is 0.222. The van der Waals surface area contributed by atoms with Gasteiger partial charge in [-0.05, 0) is 12.2 Å². The summed E-state index contributed by atoms with van der Waals surface area (Å²) in [5.41, 5.74) is -2.15. The van der Waals surface area contributed by atoms with Crippen LogP contribution in [0.15, 0.2) is 36.1 Å².